The Labute approximate surface area is 114 Å². The molecule has 3 nitrogen and oxygen atoms in total. The number of likely N-dealkylation sites (N-methyl/N-ethyl adjacent to an activating group) is 1. The van der Waals surface area contributed by atoms with E-state index < -0.39 is 0 Å². The molecule has 1 fully saturated rings. The lowest BCUT2D eigenvalue weighted by atomic mass is 9.85. The molecule has 3 rings (SSSR count). The Kier molecular flexibility index (Phi) is 3.02. The molecule has 102 valence electrons. The number of nitrogens with zero attached hydrogens (tertiary/aromatic N) is 2. The molecule has 3 heteroatoms. The Morgan fingerprint density at radius 1 is 1.26 bits per heavy atom. The summed E-state index contributed by atoms with van der Waals surface area (Å²) >= 11 is 0. The van der Waals surface area contributed by atoms with Gasteiger partial charge in [0, 0.05) is 29.2 Å². The molecule has 1 aromatic carbocycles. The minimum Gasteiger partial charge on any atom is -0.496 e. The first-order valence-corrected chi connectivity index (χ1v) is 6.93. The molecule has 0 aliphatic heterocycles. The zero-order valence-electron chi connectivity index (χ0n) is 12.2. The highest BCUT2D eigenvalue weighted by atomic mass is 16.5. The summed E-state index contributed by atoms with van der Waals surface area (Å²) in [6, 6.07) is 7.87. The lowest BCUT2D eigenvalue weighted by Gasteiger charge is -2.42. The molecule has 0 amide bonds. The summed E-state index contributed by atoms with van der Waals surface area (Å²) in [6.45, 7) is 2.11. The Morgan fingerprint density at radius 3 is 2.63 bits per heavy atom. The monoisotopic (exact) mass is 258 g/mol. The van der Waals surface area contributed by atoms with E-state index >= 15 is 0 Å². The smallest absolute Gasteiger partial charge is 0.122 e. The number of aryl methyl sites for hydroxylation is 1. The van der Waals surface area contributed by atoms with Crippen molar-refractivity contribution in [1.29, 1.82) is 0 Å². The van der Waals surface area contributed by atoms with E-state index in [2.05, 4.69) is 54.9 Å². The van der Waals surface area contributed by atoms with Gasteiger partial charge in [0.2, 0.25) is 0 Å². The summed E-state index contributed by atoms with van der Waals surface area (Å²) in [5.74, 6) is 0.975. The SMILES string of the molecule is COc1cc2ccn(C3CCC3N(C)C)c2cc1C. The molecule has 1 aliphatic carbocycles. The Bertz CT molecular complexity index is 600. The molecule has 0 bridgehead atoms. The van der Waals surface area contributed by atoms with Crippen LogP contribution in [-0.2, 0) is 0 Å². The molecule has 0 spiro atoms. The summed E-state index contributed by atoms with van der Waals surface area (Å²) in [5.41, 5.74) is 2.53. The molecule has 2 unspecified atom stereocenters. The Morgan fingerprint density at radius 2 is 2.05 bits per heavy atom. The molecule has 0 saturated heterocycles. The molecular formula is C16H22N2O. The van der Waals surface area contributed by atoms with E-state index in [-0.39, 0.29) is 0 Å². The van der Waals surface area contributed by atoms with E-state index in [9.17, 15) is 0 Å². The van der Waals surface area contributed by atoms with Crippen molar-refractivity contribution < 1.29 is 4.74 Å². The van der Waals surface area contributed by atoms with E-state index in [1.807, 2.05) is 0 Å². The molecule has 0 radical (unpaired) electrons. The first kappa shape index (κ1) is 12.5. The summed E-state index contributed by atoms with van der Waals surface area (Å²) in [6.07, 6.45) is 4.80. The minimum absolute atomic E-state index is 0.611. The first-order chi connectivity index (χ1) is 9.11. The van der Waals surface area contributed by atoms with Gasteiger partial charge < -0.3 is 14.2 Å². The van der Waals surface area contributed by atoms with Crippen molar-refractivity contribution >= 4 is 10.9 Å². The molecule has 2 atom stereocenters. The average Bonchev–Trinajstić information content (AvgIpc) is 2.69. The zero-order chi connectivity index (χ0) is 13.6. The van der Waals surface area contributed by atoms with Gasteiger partial charge in [-0.15, -0.1) is 0 Å². The van der Waals surface area contributed by atoms with Crippen LogP contribution >= 0.6 is 0 Å². The van der Waals surface area contributed by atoms with Crippen LogP contribution in [0.15, 0.2) is 24.4 Å². The number of rotatable bonds is 3. The molecule has 1 aliphatic rings. The molecule has 2 aromatic rings. The molecule has 1 saturated carbocycles. The van der Waals surface area contributed by atoms with E-state index in [0.717, 1.165) is 5.75 Å². The van der Waals surface area contributed by atoms with Crippen LogP contribution in [0.25, 0.3) is 10.9 Å². The molecule has 19 heavy (non-hydrogen) atoms. The zero-order valence-corrected chi connectivity index (χ0v) is 12.2. The van der Waals surface area contributed by atoms with Gasteiger partial charge in [0.25, 0.3) is 0 Å². The van der Waals surface area contributed by atoms with Gasteiger partial charge in [-0.3, -0.25) is 0 Å². The van der Waals surface area contributed by atoms with Crippen molar-refractivity contribution in [2.24, 2.45) is 0 Å². The quantitative estimate of drug-likeness (QED) is 0.841. The predicted octanol–water partition coefficient (Wildman–Crippen LogP) is 3.22. The molecule has 1 aromatic heterocycles. The van der Waals surface area contributed by atoms with Gasteiger partial charge in [-0.05, 0) is 57.6 Å². The number of methoxy groups -OCH3 is 1. The minimum atomic E-state index is 0.611. The van der Waals surface area contributed by atoms with Gasteiger partial charge >= 0.3 is 0 Å². The van der Waals surface area contributed by atoms with Crippen LogP contribution in [0.5, 0.6) is 5.75 Å². The van der Waals surface area contributed by atoms with Crippen molar-refractivity contribution in [3.05, 3.63) is 30.0 Å². The van der Waals surface area contributed by atoms with E-state index in [1.165, 1.54) is 29.3 Å². The van der Waals surface area contributed by atoms with Gasteiger partial charge in [-0.2, -0.15) is 0 Å². The van der Waals surface area contributed by atoms with Crippen molar-refractivity contribution in [3.63, 3.8) is 0 Å². The van der Waals surface area contributed by atoms with Gasteiger partial charge in [-0.25, -0.2) is 0 Å². The fourth-order valence-electron chi connectivity index (χ4n) is 3.19. The van der Waals surface area contributed by atoms with Crippen LogP contribution < -0.4 is 4.74 Å². The highest BCUT2D eigenvalue weighted by Crippen LogP contribution is 2.38. The largest absolute Gasteiger partial charge is 0.496 e. The van der Waals surface area contributed by atoms with Crippen LogP contribution in [-0.4, -0.2) is 36.7 Å². The maximum atomic E-state index is 5.40. The number of benzene rings is 1. The third kappa shape index (κ3) is 1.93. The third-order valence-corrected chi connectivity index (χ3v) is 4.46. The second-order valence-electron chi connectivity index (χ2n) is 5.78. The molecule has 1 heterocycles. The van der Waals surface area contributed by atoms with E-state index in [1.54, 1.807) is 7.11 Å². The summed E-state index contributed by atoms with van der Waals surface area (Å²) in [7, 11) is 6.09. The predicted molar refractivity (Wildman–Crippen MR) is 79.0 cm³/mol. The highest BCUT2D eigenvalue weighted by Gasteiger charge is 2.34. The summed E-state index contributed by atoms with van der Waals surface area (Å²) in [5, 5.41) is 1.27. The first-order valence-electron chi connectivity index (χ1n) is 6.93. The maximum absolute atomic E-state index is 5.40. The second-order valence-corrected chi connectivity index (χ2v) is 5.78. The lowest BCUT2D eigenvalue weighted by Crippen LogP contribution is -2.43. The van der Waals surface area contributed by atoms with Crippen molar-refractivity contribution in [2.45, 2.75) is 31.8 Å². The standard InChI is InChI=1S/C16H22N2O/c1-11-9-15-12(10-16(11)19-4)7-8-18(15)14-6-5-13(14)17(2)3/h7-10,13-14H,5-6H2,1-4H3. The second kappa shape index (κ2) is 4.57. The summed E-state index contributed by atoms with van der Waals surface area (Å²) < 4.78 is 7.85. The Balaban J connectivity index is 2.03. The maximum Gasteiger partial charge on any atom is 0.122 e. The van der Waals surface area contributed by atoms with Crippen LogP contribution in [0.3, 0.4) is 0 Å². The van der Waals surface area contributed by atoms with Crippen LogP contribution in [0.4, 0.5) is 0 Å². The van der Waals surface area contributed by atoms with Crippen LogP contribution in [0.2, 0.25) is 0 Å². The van der Waals surface area contributed by atoms with E-state index in [0.29, 0.717) is 12.1 Å². The summed E-state index contributed by atoms with van der Waals surface area (Å²) in [4.78, 5) is 2.34. The van der Waals surface area contributed by atoms with E-state index in [4.69, 9.17) is 4.74 Å². The van der Waals surface area contributed by atoms with Crippen molar-refractivity contribution in [3.8, 4) is 5.75 Å². The number of hydrogen-bond acceptors (Lipinski definition) is 2. The Hall–Kier alpha value is -1.48. The highest BCUT2D eigenvalue weighted by molar-refractivity contribution is 5.83. The van der Waals surface area contributed by atoms with Gasteiger partial charge in [0.1, 0.15) is 5.75 Å². The fraction of sp³-hybridized carbons (Fsp3) is 0.500. The number of fused-ring (bicyclic) bond motifs is 1. The van der Waals surface area contributed by atoms with Gasteiger partial charge in [-0.1, -0.05) is 0 Å². The molecule has 0 N–H and O–H groups in total. The van der Waals surface area contributed by atoms with Crippen LogP contribution in [0.1, 0.15) is 24.4 Å². The number of ether oxygens (including phenoxy) is 1. The average molecular weight is 258 g/mol. The van der Waals surface area contributed by atoms with Crippen molar-refractivity contribution in [2.75, 3.05) is 21.2 Å². The van der Waals surface area contributed by atoms with Gasteiger partial charge in [0.05, 0.1) is 7.11 Å². The van der Waals surface area contributed by atoms with Crippen LogP contribution in [0, 0.1) is 6.92 Å². The normalized spacial score (nSPS) is 22.8. The van der Waals surface area contributed by atoms with Crippen molar-refractivity contribution in [1.82, 2.24) is 9.47 Å². The van der Waals surface area contributed by atoms with Gasteiger partial charge in [0.15, 0.2) is 0 Å². The lowest BCUT2D eigenvalue weighted by molar-refractivity contribution is 0.116. The fourth-order valence-corrected chi connectivity index (χ4v) is 3.19. The number of aromatic nitrogens is 1. The third-order valence-electron chi connectivity index (χ3n) is 4.46. The number of hydrogen-bond donors (Lipinski definition) is 0. The topological polar surface area (TPSA) is 17.4 Å². The molecular weight excluding hydrogens is 236 g/mol.